The number of carbonyl (C=O) groups is 1. The molecule has 0 saturated heterocycles. The molecule has 0 aliphatic heterocycles. The van der Waals surface area contributed by atoms with Crippen molar-refractivity contribution in [3.63, 3.8) is 0 Å². The minimum absolute atomic E-state index is 0.278. The average molecular weight is 301 g/mol. The van der Waals surface area contributed by atoms with Crippen LogP contribution in [0.5, 0.6) is 0 Å². The number of amides is 1. The second-order valence-corrected chi connectivity index (χ2v) is 4.73. The molecule has 5 heteroatoms. The van der Waals surface area contributed by atoms with Crippen molar-refractivity contribution in [1.29, 1.82) is 0 Å². The number of halogens is 1. The molecule has 4 nitrogen and oxygen atoms in total. The molecule has 21 heavy (non-hydrogen) atoms. The molecule has 0 saturated carbocycles. The van der Waals surface area contributed by atoms with Gasteiger partial charge < -0.3 is 10.4 Å². The van der Waals surface area contributed by atoms with Crippen LogP contribution in [0.25, 0.3) is 0 Å². The highest BCUT2D eigenvalue weighted by atomic mass is 35.5. The average Bonchev–Trinajstić information content (AvgIpc) is 2.49. The summed E-state index contributed by atoms with van der Waals surface area (Å²) < 4.78 is 0. The molecule has 0 aliphatic carbocycles. The number of rotatable bonds is 2. The highest BCUT2D eigenvalue weighted by Crippen LogP contribution is 2.23. The molecule has 2 aromatic rings. The van der Waals surface area contributed by atoms with Gasteiger partial charge in [0.25, 0.3) is 5.91 Å². The van der Waals surface area contributed by atoms with Crippen LogP contribution >= 0.6 is 11.6 Å². The van der Waals surface area contributed by atoms with E-state index in [0.29, 0.717) is 21.8 Å². The maximum Gasteiger partial charge on any atom is 0.257 e. The maximum atomic E-state index is 12.3. The predicted octanol–water partition coefficient (Wildman–Crippen LogP) is 2.64. The fraction of sp³-hybridized carbons (Fsp3) is 0.125. The molecule has 0 spiro atoms. The van der Waals surface area contributed by atoms with Crippen LogP contribution in [0.2, 0.25) is 5.02 Å². The van der Waals surface area contributed by atoms with Crippen molar-refractivity contribution in [2.45, 2.75) is 6.92 Å². The monoisotopic (exact) mass is 300 g/mol. The van der Waals surface area contributed by atoms with Gasteiger partial charge in [-0.25, -0.2) is 0 Å². The van der Waals surface area contributed by atoms with Gasteiger partial charge in [-0.1, -0.05) is 29.5 Å². The third-order valence-electron chi connectivity index (χ3n) is 2.74. The van der Waals surface area contributed by atoms with Gasteiger partial charge in [-0.3, -0.25) is 9.78 Å². The zero-order valence-corrected chi connectivity index (χ0v) is 12.1. The van der Waals surface area contributed by atoms with Crippen LogP contribution in [0.1, 0.15) is 21.5 Å². The molecule has 2 rings (SSSR count). The number of nitrogens with zero attached hydrogens (tertiary/aromatic N) is 1. The van der Waals surface area contributed by atoms with Crippen molar-refractivity contribution < 1.29 is 9.90 Å². The lowest BCUT2D eigenvalue weighted by molar-refractivity contribution is 0.102. The zero-order chi connectivity index (χ0) is 15.2. The Labute approximate surface area is 127 Å². The summed E-state index contributed by atoms with van der Waals surface area (Å²) in [5.74, 6) is 4.88. The Balaban J connectivity index is 2.31. The Hall–Kier alpha value is -2.35. The van der Waals surface area contributed by atoms with Gasteiger partial charge in [0.05, 0.1) is 21.8 Å². The summed E-state index contributed by atoms with van der Waals surface area (Å²) in [6.07, 6.45) is 2.99. The first-order chi connectivity index (χ1) is 10.1. The van der Waals surface area contributed by atoms with Crippen LogP contribution in [-0.2, 0) is 0 Å². The van der Waals surface area contributed by atoms with Crippen molar-refractivity contribution in [3.8, 4) is 11.8 Å². The molecule has 0 unspecified atom stereocenters. The molecular formula is C16H13ClN2O2. The summed E-state index contributed by atoms with van der Waals surface area (Å²) in [7, 11) is 0. The number of anilines is 1. The van der Waals surface area contributed by atoms with E-state index < -0.39 is 0 Å². The summed E-state index contributed by atoms with van der Waals surface area (Å²) in [4.78, 5) is 16.3. The van der Waals surface area contributed by atoms with Gasteiger partial charge in [-0.05, 0) is 30.7 Å². The minimum Gasteiger partial charge on any atom is -0.384 e. The van der Waals surface area contributed by atoms with E-state index in [2.05, 4.69) is 22.1 Å². The van der Waals surface area contributed by atoms with E-state index in [4.69, 9.17) is 16.7 Å². The Morgan fingerprint density at radius 1 is 1.43 bits per heavy atom. The summed E-state index contributed by atoms with van der Waals surface area (Å²) in [5.41, 5.74) is 2.36. The molecule has 106 valence electrons. The van der Waals surface area contributed by atoms with Crippen LogP contribution in [0, 0.1) is 18.8 Å². The minimum atomic E-state index is -0.327. The quantitative estimate of drug-likeness (QED) is 0.838. The Morgan fingerprint density at radius 2 is 2.24 bits per heavy atom. The first kappa shape index (κ1) is 15.0. The summed E-state index contributed by atoms with van der Waals surface area (Å²) in [5, 5.41) is 12.0. The first-order valence-corrected chi connectivity index (χ1v) is 6.61. The number of hydrogen-bond acceptors (Lipinski definition) is 3. The molecule has 1 heterocycles. The fourth-order valence-corrected chi connectivity index (χ4v) is 1.92. The van der Waals surface area contributed by atoms with Crippen molar-refractivity contribution in [2.24, 2.45) is 0 Å². The molecule has 0 radical (unpaired) electrons. The number of aliphatic hydroxyl groups excluding tert-OH is 1. The smallest absolute Gasteiger partial charge is 0.257 e. The second-order valence-electron chi connectivity index (χ2n) is 4.32. The molecule has 0 fully saturated rings. The molecule has 1 aromatic carbocycles. The van der Waals surface area contributed by atoms with Gasteiger partial charge in [0, 0.05) is 12.4 Å². The molecular weight excluding hydrogens is 288 g/mol. The first-order valence-electron chi connectivity index (χ1n) is 6.23. The number of aryl methyl sites for hydroxylation is 1. The lowest BCUT2D eigenvalue weighted by atomic mass is 10.1. The number of hydrogen-bond donors (Lipinski definition) is 2. The van der Waals surface area contributed by atoms with Gasteiger partial charge in [-0.2, -0.15) is 0 Å². The Morgan fingerprint density at radius 3 is 3.00 bits per heavy atom. The number of aliphatic hydroxyl groups is 1. The molecule has 1 aromatic heterocycles. The standard InChI is InChI=1S/C16H13ClN2O2/c1-11-4-5-14(17)15(9-11)19-16(21)13-6-7-18-10-12(13)3-2-8-20/h4-7,9-10,20H,8H2,1H3,(H,19,21). The number of pyridine rings is 1. The van der Waals surface area contributed by atoms with Crippen molar-refractivity contribution in [3.05, 3.63) is 58.4 Å². The zero-order valence-electron chi connectivity index (χ0n) is 11.4. The van der Waals surface area contributed by atoms with Gasteiger partial charge in [-0.15, -0.1) is 0 Å². The van der Waals surface area contributed by atoms with E-state index in [9.17, 15) is 4.79 Å². The Bertz CT molecular complexity index is 733. The molecule has 1 amide bonds. The third kappa shape index (κ3) is 3.82. The normalized spacial score (nSPS) is 9.67. The third-order valence-corrected chi connectivity index (χ3v) is 3.07. The van der Waals surface area contributed by atoms with Crippen LogP contribution in [0.3, 0.4) is 0 Å². The van der Waals surface area contributed by atoms with E-state index >= 15 is 0 Å². The van der Waals surface area contributed by atoms with Gasteiger partial charge in [0.2, 0.25) is 0 Å². The largest absolute Gasteiger partial charge is 0.384 e. The van der Waals surface area contributed by atoms with Gasteiger partial charge in [0.15, 0.2) is 0 Å². The molecule has 2 N–H and O–H groups in total. The number of aromatic nitrogens is 1. The fourth-order valence-electron chi connectivity index (χ4n) is 1.75. The summed E-state index contributed by atoms with van der Waals surface area (Å²) in [6, 6.07) is 6.95. The van der Waals surface area contributed by atoms with Crippen molar-refractivity contribution in [2.75, 3.05) is 11.9 Å². The van der Waals surface area contributed by atoms with Crippen molar-refractivity contribution >= 4 is 23.2 Å². The molecule has 0 bridgehead atoms. The van der Waals surface area contributed by atoms with Crippen LogP contribution in [0.15, 0.2) is 36.7 Å². The molecule has 0 aliphatic rings. The maximum absolute atomic E-state index is 12.3. The lowest BCUT2D eigenvalue weighted by Crippen LogP contribution is -2.14. The number of carbonyl (C=O) groups excluding carboxylic acids is 1. The predicted molar refractivity (Wildman–Crippen MR) is 82.3 cm³/mol. The van der Waals surface area contributed by atoms with E-state index in [1.54, 1.807) is 18.2 Å². The lowest BCUT2D eigenvalue weighted by Gasteiger charge is -2.09. The summed E-state index contributed by atoms with van der Waals surface area (Å²) >= 11 is 6.06. The van der Waals surface area contributed by atoms with Gasteiger partial charge in [0.1, 0.15) is 6.61 Å². The summed E-state index contributed by atoms with van der Waals surface area (Å²) in [6.45, 7) is 1.64. The van der Waals surface area contributed by atoms with E-state index in [1.165, 1.54) is 12.4 Å². The van der Waals surface area contributed by atoms with Gasteiger partial charge >= 0.3 is 0 Å². The molecule has 0 atom stereocenters. The van der Waals surface area contributed by atoms with Crippen LogP contribution < -0.4 is 5.32 Å². The Kier molecular flexibility index (Phi) is 4.94. The van der Waals surface area contributed by atoms with E-state index in [0.717, 1.165) is 5.56 Å². The number of nitrogens with one attached hydrogen (secondary N) is 1. The number of benzene rings is 1. The van der Waals surface area contributed by atoms with Crippen LogP contribution in [-0.4, -0.2) is 22.6 Å². The second kappa shape index (κ2) is 6.89. The topological polar surface area (TPSA) is 62.2 Å². The highest BCUT2D eigenvalue weighted by Gasteiger charge is 2.12. The van der Waals surface area contributed by atoms with Crippen molar-refractivity contribution in [1.82, 2.24) is 4.98 Å². The SMILES string of the molecule is Cc1ccc(Cl)c(NC(=O)c2ccncc2C#CCO)c1. The van der Waals surface area contributed by atoms with E-state index in [1.807, 2.05) is 13.0 Å². The highest BCUT2D eigenvalue weighted by molar-refractivity contribution is 6.34. The van der Waals surface area contributed by atoms with E-state index in [-0.39, 0.29) is 12.5 Å². The van der Waals surface area contributed by atoms with Crippen LogP contribution in [0.4, 0.5) is 5.69 Å².